The van der Waals surface area contributed by atoms with Crippen LogP contribution in [0.15, 0.2) is 48.5 Å². The normalized spacial score (nSPS) is 10.8. The molecule has 2 nitrogen and oxygen atoms in total. The van der Waals surface area contributed by atoms with Crippen molar-refractivity contribution in [2.24, 2.45) is 0 Å². The Morgan fingerprint density at radius 1 is 1.00 bits per heavy atom. The van der Waals surface area contributed by atoms with Crippen molar-refractivity contribution in [1.82, 2.24) is 9.97 Å². The molecule has 0 bridgehead atoms. The van der Waals surface area contributed by atoms with Crippen LogP contribution in [-0.4, -0.2) is 9.97 Å². The van der Waals surface area contributed by atoms with Crippen molar-refractivity contribution in [1.29, 1.82) is 0 Å². The predicted octanol–water partition coefficient (Wildman–Crippen LogP) is 4.18. The molecular formula is C16H13ClN2. The molecule has 0 aliphatic heterocycles. The molecule has 3 aromatic rings. The standard InChI is InChI=1S/C16H13ClN2/c1-11-9-15(17)19-16(18-11)10-13-7-4-6-12-5-2-3-8-14(12)13/h2-9H,10H2,1H3. The maximum atomic E-state index is 5.98. The van der Waals surface area contributed by atoms with Crippen molar-refractivity contribution < 1.29 is 0 Å². The van der Waals surface area contributed by atoms with E-state index in [4.69, 9.17) is 11.6 Å². The lowest BCUT2D eigenvalue weighted by Crippen LogP contribution is -1.99. The van der Waals surface area contributed by atoms with Gasteiger partial charge in [0.15, 0.2) is 0 Å². The first-order valence-electron chi connectivity index (χ1n) is 6.19. The van der Waals surface area contributed by atoms with Crippen LogP contribution in [-0.2, 0) is 6.42 Å². The zero-order valence-corrected chi connectivity index (χ0v) is 11.4. The average molecular weight is 269 g/mol. The highest BCUT2D eigenvalue weighted by Crippen LogP contribution is 2.20. The second-order valence-electron chi connectivity index (χ2n) is 4.56. The number of halogens is 1. The molecule has 0 aliphatic carbocycles. The van der Waals surface area contributed by atoms with Crippen molar-refractivity contribution >= 4 is 22.4 Å². The molecule has 0 unspecified atom stereocenters. The first-order chi connectivity index (χ1) is 9.22. The fourth-order valence-electron chi connectivity index (χ4n) is 2.28. The number of hydrogen-bond donors (Lipinski definition) is 0. The van der Waals surface area contributed by atoms with E-state index in [0.717, 1.165) is 11.5 Å². The predicted molar refractivity (Wildman–Crippen MR) is 78.5 cm³/mol. The molecule has 3 rings (SSSR count). The molecule has 0 saturated heterocycles. The molecular weight excluding hydrogens is 256 g/mol. The van der Waals surface area contributed by atoms with Crippen molar-refractivity contribution in [2.45, 2.75) is 13.3 Å². The minimum atomic E-state index is 0.503. The van der Waals surface area contributed by atoms with E-state index >= 15 is 0 Å². The fraction of sp³-hybridized carbons (Fsp3) is 0.125. The van der Waals surface area contributed by atoms with E-state index < -0.39 is 0 Å². The number of aryl methyl sites for hydroxylation is 1. The van der Waals surface area contributed by atoms with E-state index in [-0.39, 0.29) is 0 Å². The molecule has 0 amide bonds. The van der Waals surface area contributed by atoms with Crippen molar-refractivity contribution in [3.05, 3.63) is 70.8 Å². The number of rotatable bonds is 2. The number of nitrogens with zero attached hydrogens (tertiary/aromatic N) is 2. The Morgan fingerprint density at radius 2 is 1.79 bits per heavy atom. The van der Waals surface area contributed by atoms with Gasteiger partial charge in [0.05, 0.1) is 0 Å². The van der Waals surface area contributed by atoms with Crippen LogP contribution in [0.1, 0.15) is 17.1 Å². The second kappa shape index (κ2) is 4.98. The molecule has 0 spiro atoms. The molecule has 0 radical (unpaired) electrons. The van der Waals surface area contributed by atoms with Gasteiger partial charge in [0.1, 0.15) is 11.0 Å². The third-order valence-corrected chi connectivity index (χ3v) is 3.29. The Hall–Kier alpha value is -1.93. The smallest absolute Gasteiger partial charge is 0.134 e. The van der Waals surface area contributed by atoms with Crippen molar-refractivity contribution in [3.63, 3.8) is 0 Å². The van der Waals surface area contributed by atoms with Crippen LogP contribution in [0.3, 0.4) is 0 Å². The van der Waals surface area contributed by atoms with E-state index in [1.54, 1.807) is 6.07 Å². The molecule has 0 aliphatic rings. The van der Waals surface area contributed by atoms with Gasteiger partial charge < -0.3 is 0 Å². The van der Waals surface area contributed by atoms with E-state index in [9.17, 15) is 0 Å². The molecule has 2 aromatic carbocycles. The van der Waals surface area contributed by atoms with Gasteiger partial charge >= 0.3 is 0 Å². The lowest BCUT2D eigenvalue weighted by atomic mass is 10.0. The molecule has 94 valence electrons. The Kier molecular flexibility index (Phi) is 3.18. The fourth-order valence-corrected chi connectivity index (χ4v) is 2.54. The molecule has 3 heteroatoms. The summed E-state index contributed by atoms with van der Waals surface area (Å²) < 4.78 is 0. The van der Waals surface area contributed by atoms with E-state index in [0.29, 0.717) is 11.6 Å². The highest BCUT2D eigenvalue weighted by atomic mass is 35.5. The Balaban J connectivity index is 2.05. The number of aromatic nitrogens is 2. The SMILES string of the molecule is Cc1cc(Cl)nc(Cc2cccc3ccccc23)n1. The number of fused-ring (bicyclic) bond motifs is 1. The number of hydrogen-bond acceptors (Lipinski definition) is 2. The van der Waals surface area contributed by atoms with Crippen molar-refractivity contribution in [3.8, 4) is 0 Å². The van der Waals surface area contributed by atoms with Crippen LogP contribution in [0, 0.1) is 6.92 Å². The van der Waals surface area contributed by atoms with Gasteiger partial charge in [-0.3, -0.25) is 0 Å². The summed E-state index contributed by atoms with van der Waals surface area (Å²) in [4.78, 5) is 8.73. The summed E-state index contributed by atoms with van der Waals surface area (Å²) in [6.07, 6.45) is 0.697. The highest BCUT2D eigenvalue weighted by Gasteiger charge is 2.05. The summed E-state index contributed by atoms with van der Waals surface area (Å²) >= 11 is 5.98. The molecule has 0 saturated carbocycles. The van der Waals surface area contributed by atoms with Crippen LogP contribution >= 0.6 is 11.6 Å². The maximum Gasteiger partial charge on any atom is 0.134 e. The summed E-state index contributed by atoms with van der Waals surface area (Å²) in [7, 11) is 0. The lowest BCUT2D eigenvalue weighted by Gasteiger charge is -2.06. The average Bonchev–Trinajstić information content (AvgIpc) is 2.38. The third-order valence-electron chi connectivity index (χ3n) is 3.10. The Labute approximate surface area is 117 Å². The minimum Gasteiger partial charge on any atom is -0.238 e. The van der Waals surface area contributed by atoms with Gasteiger partial charge in [-0.25, -0.2) is 9.97 Å². The third kappa shape index (κ3) is 2.59. The summed E-state index contributed by atoms with van der Waals surface area (Å²) in [6, 6.07) is 16.4. The maximum absolute atomic E-state index is 5.98. The summed E-state index contributed by atoms with van der Waals surface area (Å²) in [6.45, 7) is 1.93. The van der Waals surface area contributed by atoms with Gasteiger partial charge in [-0.1, -0.05) is 54.1 Å². The van der Waals surface area contributed by atoms with Crippen LogP contribution < -0.4 is 0 Å². The van der Waals surface area contributed by atoms with E-state index in [1.807, 2.05) is 13.0 Å². The molecule has 1 aromatic heterocycles. The second-order valence-corrected chi connectivity index (χ2v) is 4.95. The van der Waals surface area contributed by atoms with Crippen LogP contribution in [0.25, 0.3) is 10.8 Å². The largest absolute Gasteiger partial charge is 0.238 e. The van der Waals surface area contributed by atoms with E-state index in [2.05, 4.69) is 46.4 Å². The summed E-state index contributed by atoms with van der Waals surface area (Å²) in [5, 5.41) is 2.98. The molecule has 19 heavy (non-hydrogen) atoms. The first kappa shape index (κ1) is 12.1. The summed E-state index contributed by atoms with van der Waals surface area (Å²) in [5.74, 6) is 0.765. The van der Waals surface area contributed by atoms with Gasteiger partial charge in [0, 0.05) is 12.1 Å². The van der Waals surface area contributed by atoms with Crippen LogP contribution in [0.2, 0.25) is 5.15 Å². The molecule has 0 N–H and O–H groups in total. The number of benzene rings is 2. The zero-order chi connectivity index (χ0) is 13.2. The van der Waals surface area contributed by atoms with Gasteiger partial charge in [-0.15, -0.1) is 0 Å². The van der Waals surface area contributed by atoms with Gasteiger partial charge in [0.2, 0.25) is 0 Å². The highest BCUT2D eigenvalue weighted by molar-refractivity contribution is 6.29. The minimum absolute atomic E-state index is 0.503. The Morgan fingerprint density at radius 3 is 2.63 bits per heavy atom. The lowest BCUT2D eigenvalue weighted by molar-refractivity contribution is 0.947. The molecule has 0 atom stereocenters. The van der Waals surface area contributed by atoms with E-state index in [1.165, 1.54) is 16.3 Å². The monoisotopic (exact) mass is 268 g/mol. The molecule has 0 fully saturated rings. The van der Waals surface area contributed by atoms with Crippen LogP contribution in [0.5, 0.6) is 0 Å². The zero-order valence-electron chi connectivity index (χ0n) is 10.6. The van der Waals surface area contributed by atoms with Gasteiger partial charge in [-0.2, -0.15) is 0 Å². The van der Waals surface area contributed by atoms with Gasteiger partial charge in [0.25, 0.3) is 0 Å². The Bertz CT molecular complexity index is 712. The summed E-state index contributed by atoms with van der Waals surface area (Å²) in [5.41, 5.74) is 2.12. The quantitative estimate of drug-likeness (QED) is 0.652. The first-order valence-corrected chi connectivity index (χ1v) is 6.57. The molecule has 1 heterocycles. The van der Waals surface area contributed by atoms with Crippen LogP contribution in [0.4, 0.5) is 0 Å². The topological polar surface area (TPSA) is 25.8 Å². The van der Waals surface area contributed by atoms with Crippen molar-refractivity contribution in [2.75, 3.05) is 0 Å². The van der Waals surface area contributed by atoms with Gasteiger partial charge in [-0.05, 0) is 29.3 Å².